The zero-order chi connectivity index (χ0) is 15.5. The van der Waals surface area contributed by atoms with Gasteiger partial charge >= 0.3 is 0 Å². The largest absolute Gasteiger partial charge is 0.459 e. The van der Waals surface area contributed by atoms with E-state index in [1.807, 2.05) is 0 Å². The third-order valence-corrected chi connectivity index (χ3v) is 3.04. The average Bonchev–Trinajstić information content (AvgIpc) is 3.13. The fourth-order valence-corrected chi connectivity index (χ4v) is 2.01. The van der Waals surface area contributed by atoms with E-state index in [4.69, 9.17) is 9.15 Å². The number of hydrogen-bond acceptors (Lipinski definition) is 5. The second-order valence-electron chi connectivity index (χ2n) is 4.43. The first-order chi connectivity index (χ1) is 10.7. The van der Waals surface area contributed by atoms with E-state index in [-0.39, 0.29) is 18.0 Å². The van der Waals surface area contributed by atoms with Crippen LogP contribution in [0.3, 0.4) is 0 Å². The van der Waals surface area contributed by atoms with Crippen molar-refractivity contribution >= 4 is 12.3 Å². The van der Waals surface area contributed by atoms with Gasteiger partial charge in [0.05, 0.1) is 12.8 Å². The number of carbonyl (C=O) groups excluding carboxylic acids is 1. The SMILES string of the molecule is O=CNC1OC(c2ccco2)=NN1Cc1c(F)cccc1F. The van der Waals surface area contributed by atoms with Crippen LogP contribution in [0.1, 0.15) is 11.3 Å². The second kappa shape index (κ2) is 5.84. The first-order valence-electron chi connectivity index (χ1n) is 6.37. The van der Waals surface area contributed by atoms with Gasteiger partial charge < -0.3 is 14.5 Å². The molecule has 0 fully saturated rings. The fraction of sp³-hybridized carbons (Fsp3) is 0.143. The Morgan fingerprint density at radius 1 is 1.27 bits per heavy atom. The summed E-state index contributed by atoms with van der Waals surface area (Å²) in [6.45, 7) is -0.214. The number of hydrogen-bond donors (Lipinski definition) is 1. The standard InChI is InChI=1S/C14H11F2N3O3/c15-10-3-1-4-11(16)9(10)7-19-14(17-8-20)22-13(18-19)12-5-2-6-21-12/h1-6,8,14H,7H2,(H,17,20). The topological polar surface area (TPSA) is 67.1 Å². The monoisotopic (exact) mass is 307 g/mol. The van der Waals surface area contributed by atoms with Gasteiger partial charge in [-0.3, -0.25) is 4.79 Å². The van der Waals surface area contributed by atoms with Crippen molar-refractivity contribution < 1.29 is 22.7 Å². The normalized spacial score (nSPS) is 17.1. The maximum Gasteiger partial charge on any atom is 0.278 e. The summed E-state index contributed by atoms with van der Waals surface area (Å²) in [6.07, 6.45) is 0.870. The molecule has 0 spiro atoms. The van der Waals surface area contributed by atoms with E-state index >= 15 is 0 Å². The molecule has 3 rings (SSSR count). The smallest absolute Gasteiger partial charge is 0.278 e. The van der Waals surface area contributed by atoms with Gasteiger partial charge in [0.1, 0.15) is 11.6 Å². The predicted octanol–water partition coefficient (Wildman–Crippen LogP) is 1.78. The van der Waals surface area contributed by atoms with Crippen LogP contribution < -0.4 is 5.32 Å². The van der Waals surface area contributed by atoms with Crippen molar-refractivity contribution in [1.29, 1.82) is 0 Å². The summed E-state index contributed by atoms with van der Waals surface area (Å²) >= 11 is 0. The molecule has 2 heterocycles. The molecule has 1 aliphatic rings. The summed E-state index contributed by atoms with van der Waals surface area (Å²) in [5, 5.41) is 7.67. The van der Waals surface area contributed by atoms with E-state index in [0.717, 1.165) is 12.1 Å². The molecule has 1 amide bonds. The van der Waals surface area contributed by atoms with Crippen molar-refractivity contribution in [3.05, 3.63) is 59.6 Å². The van der Waals surface area contributed by atoms with Gasteiger partial charge in [-0.25, -0.2) is 13.8 Å². The minimum Gasteiger partial charge on any atom is -0.459 e. The number of halogens is 2. The zero-order valence-electron chi connectivity index (χ0n) is 11.2. The molecule has 1 aromatic carbocycles. The van der Waals surface area contributed by atoms with E-state index < -0.39 is 18.0 Å². The molecule has 0 saturated heterocycles. The van der Waals surface area contributed by atoms with E-state index in [2.05, 4.69) is 10.4 Å². The van der Waals surface area contributed by atoms with Gasteiger partial charge in [0.2, 0.25) is 6.41 Å². The van der Waals surface area contributed by atoms with Crippen LogP contribution in [0.4, 0.5) is 8.78 Å². The molecule has 0 saturated carbocycles. The zero-order valence-corrected chi connectivity index (χ0v) is 11.2. The van der Waals surface area contributed by atoms with Crippen LogP contribution in [-0.2, 0) is 16.1 Å². The molecular formula is C14H11F2N3O3. The predicted molar refractivity (Wildman–Crippen MR) is 71.2 cm³/mol. The molecule has 0 radical (unpaired) electrons. The van der Waals surface area contributed by atoms with Gasteiger partial charge in [0.15, 0.2) is 5.76 Å². The second-order valence-corrected chi connectivity index (χ2v) is 4.43. The summed E-state index contributed by atoms with van der Waals surface area (Å²) < 4.78 is 38.0. The highest BCUT2D eigenvalue weighted by Crippen LogP contribution is 2.21. The number of hydrazone groups is 1. The molecule has 1 aliphatic heterocycles. The van der Waals surface area contributed by atoms with Crippen molar-refractivity contribution in [2.24, 2.45) is 5.10 Å². The molecule has 1 aromatic heterocycles. The molecule has 1 atom stereocenters. The first-order valence-corrected chi connectivity index (χ1v) is 6.37. The molecular weight excluding hydrogens is 296 g/mol. The van der Waals surface area contributed by atoms with Crippen molar-refractivity contribution in [3.63, 3.8) is 0 Å². The molecule has 0 bridgehead atoms. The number of amides is 1. The Kier molecular flexibility index (Phi) is 3.73. The maximum atomic E-state index is 13.7. The van der Waals surface area contributed by atoms with Gasteiger partial charge in [-0.05, 0) is 24.3 Å². The maximum absolute atomic E-state index is 13.7. The van der Waals surface area contributed by atoms with Crippen molar-refractivity contribution in [1.82, 2.24) is 10.3 Å². The third kappa shape index (κ3) is 2.62. The van der Waals surface area contributed by atoms with Crippen LogP contribution in [0.25, 0.3) is 0 Å². The van der Waals surface area contributed by atoms with Gasteiger partial charge in [-0.15, -0.1) is 5.10 Å². The van der Waals surface area contributed by atoms with Crippen molar-refractivity contribution in [3.8, 4) is 0 Å². The first kappa shape index (κ1) is 14.1. The van der Waals surface area contributed by atoms with Crippen molar-refractivity contribution in [2.75, 3.05) is 0 Å². The quantitative estimate of drug-likeness (QED) is 0.855. The summed E-state index contributed by atoms with van der Waals surface area (Å²) in [5.41, 5.74) is -0.173. The van der Waals surface area contributed by atoms with Crippen LogP contribution in [0.2, 0.25) is 0 Å². The van der Waals surface area contributed by atoms with Gasteiger partial charge in [-0.1, -0.05) is 6.07 Å². The number of carbonyl (C=O) groups is 1. The van der Waals surface area contributed by atoms with E-state index in [0.29, 0.717) is 12.2 Å². The van der Waals surface area contributed by atoms with E-state index in [9.17, 15) is 13.6 Å². The summed E-state index contributed by atoms with van der Waals surface area (Å²) in [7, 11) is 0. The Morgan fingerprint density at radius 3 is 2.68 bits per heavy atom. The highest BCUT2D eigenvalue weighted by molar-refractivity contribution is 5.92. The lowest BCUT2D eigenvalue weighted by Crippen LogP contribution is -2.40. The lowest BCUT2D eigenvalue weighted by Gasteiger charge is -2.21. The summed E-state index contributed by atoms with van der Waals surface area (Å²) in [4.78, 5) is 10.6. The highest BCUT2D eigenvalue weighted by Gasteiger charge is 2.31. The highest BCUT2D eigenvalue weighted by atomic mass is 19.1. The van der Waals surface area contributed by atoms with Gasteiger partial charge in [0.25, 0.3) is 12.2 Å². The third-order valence-electron chi connectivity index (χ3n) is 3.04. The molecule has 1 N–H and O–H groups in total. The Bertz CT molecular complexity index is 683. The fourth-order valence-electron chi connectivity index (χ4n) is 2.01. The van der Waals surface area contributed by atoms with E-state index in [1.165, 1.54) is 17.3 Å². The van der Waals surface area contributed by atoms with Crippen LogP contribution in [0, 0.1) is 11.6 Å². The van der Waals surface area contributed by atoms with Crippen LogP contribution in [0.15, 0.2) is 46.1 Å². The average molecular weight is 307 g/mol. The molecule has 0 aliphatic carbocycles. The Morgan fingerprint density at radius 2 is 2.05 bits per heavy atom. The minimum absolute atomic E-state index is 0.112. The number of nitrogens with one attached hydrogen (secondary N) is 1. The molecule has 6 nitrogen and oxygen atoms in total. The summed E-state index contributed by atoms with van der Waals surface area (Å²) in [6, 6.07) is 6.82. The molecule has 2 aromatic rings. The molecule has 22 heavy (non-hydrogen) atoms. The van der Waals surface area contributed by atoms with Crippen molar-refractivity contribution in [2.45, 2.75) is 12.9 Å². The number of nitrogens with zero attached hydrogens (tertiary/aromatic N) is 2. The lowest BCUT2D eigenvalue weighted by molar-refractivity contribution is -0.114. The van der Waals surface area contributed by atoms with Crippen LogP contribution >= 0.6 is 0 Å². The minimum atomic E-state index is -0.975. The van der Waals surface area contributed by atoms with Gasteiger partial charge in [0, 0.05) is 5.56 Å². The number of benzene rings is 1. The molecule has 8 heteroatoms. The number of ether oxygens (including phenoxy) is 1. The Labute approximate surface area is 124 Å². The Balaban J connectivity index is 1.87. The van der Waals surface area contributed by atoms with Crippen LogP contribution in [0.5, 0.6) is 0 Å². The summed E-state index contributed by atoms with van der Waals surface area (Å²) in [5.74, 6) is -0.951. The number of rotatable bonds is 5. The van der Waals surface area contributed by atoms with Crippen LogP contribution in [-0.4, -0.2) is 23.7 Å². The van der Waals surface area contributed by atoms with E-state index in [1.54, 1.807) is 12.1 Å². The van der Waals surface area contributed by atoms with Gasteiger partial charge in [-0.2, -0.15) is 0 Å². The number of furan rings is 1. The molecule has 114 valence electrons. The lowest BCUT2D eigenvalue weighted by atomic mass is 10.2. The molecule has 1 unspecified atom stereocenters. The Hall–Kier alpha value is -2.90.